The minimum Gasteiger partial charge on any atom is -0.481 e. The lowest BCUT2D eigenvalue weighted by Gasteiger charge is -2.16. The van der Waals surface area contributed by atoms with Crippen molar-refractivity contribution in [2.75, 3.05) is 5.75 Å². The highest BCUT2D eigenvalue weighted by molar-refractivity contribution is 8.00. The van der Waals surface area contributed by atoms with Crippen LogP contribution in [0.1, 0.15) is 25.7 Å². The van der Waals surface area contributed by atoms with Crippen molar-refractivity contribution in [1.82, 2.24) is 10.6 Å². The van der Waals surface area contributed by atoms with Crippen LogP contribution in [0.4, 0.5) is 4.79 Å². The fraction of sp³-hybridized carbons (Fsp3) is 0.800. The Morgan fingerprint density at radius 1 is 1.40 bits per heavy atom. The maximum atomic E-state index is 11.1. The Morgan fingerprint density at radius 2 is 2.05 bits per heavy atom. The molecule has 10 heteroatoms. The minimum atomic E-state index is -2.30. The lowest BCUT2D eigenvalue weighted by molar-refractivity contribution is -0.137. The first-order chi connectivity index (χ1) is 9.40. The topological polar surface area (TPSA) is 119 Å². The standard InChI is InChI=1S/C10H16N2O3S.H3O2PS/c13-8(14)4-2-1-3-7-9-6(5-16-7)11-10(15)12-9;1-3(2)4/h6-7,9H,1-5H2,(H,13,14)(H2,11,12,15);3H,(H2,1,2,4)/t6-,7-,9-;/m0./s1. The Labute approximate surface area is 127 Å². The molecule has 0 aromatic heterocycles. The van der Waals surface area contributed by atoms with Crippen LogP contribution in [-0.4, -0.2) is 50.0 Å². The van der Waals surface area contributed by atoms with E-state index >= 15 is 0 Å². The number of carboxylic acids is 1. The van der Waals surface area contributed by atoms with E-state index < -0.39 is 13.1 Å². The Kier molecular flexibility index (Phi) is 7.83. The van der Waals surface area contributed by atoms with Crippen molar-refractivity contribution in [3.63, 3.8) is 0 Å². The van der Waals surface area contributed by atoms with Crippen LogP contribution in [0.2, 0.25) is 0 Å². The van der Waals surface area contributed by atoms with Gasteiger partial charge < -0.3 is 25.5 Å². The van der Waals surface area contributed by atoms with Crippen LogP contribution in [0, 0.1) is 0 Å². The Bertz CT molecular complexity index is 381. The zero-order valence-electron chi connectivity index (χ0n) is 10.7. The van der Waals surface area contributed by atoms with Gasteiger partial charge in [-0.3, -0.25) is 4.79 Å². The average molecular weight is 342 g/mol. The molecular formula is C10H19N2O5PS2. The normalized spacial score (nSPS) is 27.4. The molecule has 3 atom stereocenters. The summed E-state index contributed by atoms with van der Waals surface area (Å²) in [5, 5.41) is 14.8. The second kappa shape index (κ2) is 8.84. The first-order valence-electron chi connectivity index (χ1n) is 6.22. The third-order valence-corrected chi connectivity index (χ3v) is 4.58. The molecule has 20 heavy (non-hydrogen) atoms. The SMILES string of the molecule is O=C(O)CCCC[C@@H]1SC[C@@H]2NC(=O)N[C@@H]21.O[PH](O)=S. The highest BCUT2D eigenvalue weighted by Crippen LogP contribution is 2.33. The lowest BCUT2D eigenvalue weighted by Crippen LogP contribution is -2.36. The molecule has 2 aliphatic heterocycles. The van der Waals surface area contributed by atoms with Gasteiger partial charge in [0.1, 0.15) is 0 Å². The summed E-state index contributed by atoms with van der Waals surface area (Å²) in [5.41, 5.74) is 0. The molecule has 0 saturated carbocycles. The van der Waals surface area contributed by atoms with Crippen molar-refractivity contribution >= 4 is 42.7 Å². The minimum absolute atomic E-state index is 0.0640. The molecule has 0 spiro atoms. The van der Waals surface area contributed by atoms with Gasteiger partial charge in [-0.05, 0) is 24.6 Å². The van der Waals surface area contributed by atoms with Crippen molar-refractivity contribution in [3.8, 4) is 0 Å². The number of aliphatic carboxylic acids is 1. The number of hydrogen-bond acceptors (Lipinski definition) is 4. The molecule has 0 aromatic rings. The molecule has 0 aromatic carbocycles. The molecule has 7 nitrogen and oxygen atoms in total. The monoisotopic (exact) mass is 342 g/mol. The van der Waals surface area contributed by atoms with Crippen LogP contribution in [0.3, 0.4) is 0 Å². The highest BCUT2D eigenvalue weighted by Gasteiger charge is 2.42. The molecule has 2 heterocycles. The van der Waals surface area contributed by atoms with Crippen molar-refractivity contribution in [3.05, 3.63) is 0 Å². The molecule has 0 radical (unpaired) electrons. The quantitative estimate of drug-likeness (QED) is 0.276. The number of nitrogens with one attached hydrogen (secondary N) is 2. The average Bonchev–Trinajstić information content (AvgIpc) is 2.83. The number of fused-ring (bicyclic) bond motifs is 1. The Morgan fingerprint density at radius 3 is 2.65 bits per heavy atom. The number of carbonyl (C=O) groups excluding carboxylic acids is 1. The largest absolute Gasteiger partial charge is 0.481 e. The van der Waals surface area contributed by atoms with Gasteiger partial charge in [-0.15, -0.1) is 0 Å². The second-order valence-corrected chi connectivity index (χ2v) is 7.48. The first-order valence-corrected chi connectivity index (χ1v) is 9.80. The fourth-order valence-electron chi connectivity index (χ4n) is 2.26. The van der Waals surface area contributed by atoms with Gasteiger partial charge >= 0.3 is 12.0 Å². The van der Waals surface area contributed by atoms with Gasteiger partial charge in [0.15, 0.2) is 7.15 Å². The third kappa shape index (κ3) is 6.41. The molecule has 2 saturated heterocycles. The molecule has 0 unspecified atom stereocenters. The van der Waals surface area contributed by atoms with E-state index in [4.69, 9.17) is 14.9 Å². The predicted octanol–water partition coefficient (Wildman–Crippen LogP) is 0.274. The van der Waals surface area contributed by atoms with Gasteiger partial charge in [0.05, 0.1) is 12.1 Å². The number of carboxylic acid groups (broad SMARTS) is 1. The number of carbonyl (C=O) groups is 2. The first kappa shape index (κ1) is 17.7. The fourth-order valence-corrected chi connectivity index (χ4v) is 3.81. The Hall–Kier alpha value is -0.340. The summed E-state index contributed by atoms with van der Waals surface area (Å²) in [4.78, 5) is 36.5. The van der Waals surface area contributed by atoms with Gasteiger partial charge in [0.2, 0.25) is 0 Å². The van der Waals surface area contributed by atoms with E-state index in [1.54, 1.807) is 0 Å². The maximum Gasteiger partial charge on any atom is 0.315 e. The van der Waals surface area contributed by atoms with Gasteiger partial charge in [-0.2, -0.15) is 11.8 Å². The summed E-state index contributed by atoms with van der Waals surface area (Å²) in [6.45, 7) is 0. The third-order valence-electron chi connectivity index (χ3n) is 3.07. The van der Waals surface area contributed by atoms with E-state index in [2.05, 4.69) is 22.4 Å². The van der Waals surface area contributed by atoms with E-state index in [0.717, 1.165) is 25.0 Å². The van der Waals surface area contributed by atoms with Crippen LogP contribution in [-0.2, 0) is 16.6 Å². The summed E-state index contributed by atoms with van der Waals surface area (Å²) in [5.74, 6) is 0.236. The number of urea groups is 1. The summed E-state index contributed by atoms with van der Waals surface area (Å²) >= 11 is 5.70. The molecule has 116 valence electrons. The van der Waals surface area contributed by atoms with Gasteiger partial charge in [0.25, 0.3) is 0 Å². The van der Waals surface area contributed by atoms with Crippen LogP contribution in [0.5, 0.6) is 0 Å². The number of thioether (sulfide) groups is 1. The molecule has 2 fully saturated rings. The number of unbranched alkanes of at least 4 members (excludes halogenated alkanes) is 1. The van der Waals surface area contributed by atoms with Crippen molar-refractivity contribution in [2.45, 2.75) is 43.0 Å². The van der Waals surface area contributed by atoms with Gasteiger partial charge in [0, 0.05) is 17.4 Å². The van der Waals surface area contributed by atoms with Crippen molar-refractivity contribution < 1.29 is 24.5 Å². The molecule has 2 rings (SSSR count). The van der Waals surface area contributed by atoms with E-state index in [9.17, 15) is 9.59 Å². The van der Waals surface area contributed by atoms with Crippen LogP contribution >= 0.6 is 18.9 Å². The van der Waals surface area contributed by atoms with E-state index in [1.807, 2.05) is 11.8 Å². The van der Waals surface area contributed by atoms with E-state index in [0.29, 0.717) is 5.25 Å². The molecule has 2 amide bonds. The van der Waals surface area contributed by atoms with E-state index in [1.165, 1.54) is 0 Å². The lowest BCUT2D eigenvalue weighted by atomic mass is 10.0. The molecule has 5 N–H and O–H groups in total. The summed E-state index contributed by atoms with van der Waals surface area (Å²) in [6.07, 6.45) is 2.88. The van der Waals surface area contributed by atoms with Crippen molar-refractivity contribution in [1.29, 1.82) is 0 Å². The molecule has 0 aliphatic carbocycles. The van der Waals surface area contributed by atoms with Crippen LogP contribution in [0.25, 0.3) is 0 Å². The molecule has 2 aliphatic rings. The summed E-state index contributed by atoms with van der Waals surface area (Å²) in [6, 6.07) is 0.440. The molecular weight excluding hydrogens is 323 g/mol. The van der Waals surface area contributed by atoms with Gasteiger partial charge in [-0.25, -0.2) is 4.79 Å². The van der Waals surface area contributed by atoms with Crippen LogP contribution < -0.4 is 10.6 Å². The maximum absolute atomic E-state index is 11.1. The van der Waals surface area contributed by atoms with E-state index in [-0.39, 0.29) is 24.5 Å². The van der Waals surface area contributed by atoms with Crippen molar-refractivity contribution in [2.24, 2.45) is 0 Å². The smallest absolute Gasteiger partial charge is 0.315 e. The second-order valence-electron chi connectivity index (χ2n) is 4.54. The summed E-state index contributed by atoms with van der Waals surface area (Å²) in [7, 11) is -2.30. The zero-order valence-corrected chi connectivity index (χ0v) is 13.4. The zero-order chi connectivity index (χ0) is 15.1. The summed E-state index contributed by atoms with van der Waals surface area (Å²) < 4.78 is 0. The highest BCUT2D eigenvalue weighted by atomic mass is 32.4. The predicted molar refractivity (Wildman–Crippen MR) is 81.7 cm³/mol. The van der Waals surface area contributed by atoms with Crippen LogP contribution in [0.15, 0.2) is 0 Å². The van der Waals surface area contributed by atoms with Gasteiger partial charge in [-0.1, -0.05) is 6.42 Å². The Balaban J connectivity index is 0.000000444. The number of hydrogen-bond donors (Lipinski definition) is 5. The number of rotatable bonds is 5. The number of amides is 2. The molecule has 0 bridgehead atoms.